The van der Waals surface area contributed by atoms with Crippen LogP contribution >= 0.6 is 11.6 Å². The van der Waals surface area contributed by atoms with Gasteiger partial charge >= 0.3 is 0 Å². The third kappa shape index (κ3) is 2.17. The normalized spacial score (nSPS) is 21.8. The van der Waals surface area contributed by atoms with Crippen molar-refractivity contribution in [3.05, 3.63) is 35.0 Å². The number of H-pyrrole nitrogens is 1. The zero-order valence-electron chi connectivity index (χ0n) is 10.0. The van der Waals surface area contributed by atoms with E-state index >= 15 is 0 Å². The van der Waals surface area contributed by atoms with Crippen molar-refractivity contribution < 1.29 is 13.2 Å². The molecule has 100 valence electrons. The van der Waals surface area contributed by atoms with Crippen LogP contribution in [-0.2, 0) is 9.84 Å². The Morgan fingerprint density at radius 3 is 2.84 bits per heavy atom. The number of sulfone groups is 1. The van der Waals surface area contributed by atoms with Crippen LogP contribution in [0.1, 0.15) is 16.8 Å². The Morgan fingerprint density at radius 1 is 1.37 bits per heavy atom. The number of carbonyl (C=O) groups excluding carboxylic acids is 1. The van der Waals surface area contributed by atoms with Gasteiger partial charge in [-0.3, -0.25) is 4.79 Å². The Labute approximate surface area is 115 Å². The Bertz CT molecular complexity index is 763. The van der Waals surface area contributed by atoms with Crippen molar-refractivity contribution in [2.45, 2.75) is 6.42 Å². The summed E-state index contributed by atoms with van der Waals surface area (Å²) in [4.78, 5) is 15.4. The first-order chi connectivity index (χ1) is 8.98. The van der Waals surface area contributed by atoms with E-state index < -0.39 is 15.8 Å². The van der Waals surface area contributed by atoms with Crippen LogP contribution in [0.4, 0.5) is 0 Å². The lowest BCUT2D eigenvalue weighted by atomic mass is 9.97. The first kappa shape index (κ1) is 12.7. The minimum Gasteiger partial charge on any atom is -0.360 e. The lowest BCUT2D eigenvalue weighted by Gasteiger charge is -2.06. The number of benzene rings is 1. The van der Waals surface area contributed by atoms with Crippen molar-refractivity contribution in [1.82, 2.24) is 4.98 Å². The Morgan fingerprint density at radius 2 is 2.16 bits per heavy atom. The van der Waals surface area contributed by atoms with Crippen LogP contribution in [0.15, 0.2) is 24.4 Å². The van der Waals surface area contributed by atoms with Gasteiger partial charge in [-0.2, -0.15) is 0 Å². The molecule has 4 nitrogen and oxygen atoms in total. The summed E-state index contributed by atoms with van der Waals surface area (Å²) in [6, 6.07) is 5.36. The highest BCUT2D eigenvalue weighted by Crippen LogP contribution is 2.30. The van der Waals surface area contributed by atoms with E-state index in [-0.39, 0.29) is 17.3 Å². The summed E-state index contributed by atoms with van der Waals surface area (Å²) < 4.78 is 22.9. The first-order valence-corrected chi connectivity index (χ1v) is 8.18. The number of hydrogen-bond acceptors (Lipinski definition) is 3. The minimum atomic E-state index is -3.06. The molecule has 6 heteroatoms. The smallest absolute Gasteiger partial charge is 0.169 e. The van der Waals surface area contributed by atoms with Crippen LogP contribution in [0.5, 0.6) is 0 Å². The Hall–Kier alpha value is -1.33. The molecule has 1 aliphatic rings. The molecule has 19 heavy (non-hydrogen) atoms. The zero-order chi connectivity index (χ0) is 13.6. The van der Waals surface area contributed by atoms with Gasteiger partial charge in [0.2, 0.25) is 0 Å². The third-order valence-corrected chi connectivity index (χ3v) is 5.61. The lowest BCUT2D eigenvalue weighted by molar-refractivity contribution is 0.0935. The SMILES string of the molecule is O=C(c1c[nH]c2cccc(Cl)c12)C1CCS(=O)(=O)C1. The largest absolute Gasteiger partial charge is 0.360 e. The molecule has 0 spiro atoms. The van der Waals surface area contributed by atoms with Crippen molar-refractivity contribution in [2.75, 3.05) is 11.5 Å². The molecule has 1 N–H and O–H groups in total. The fourth-order valence-corrected chi connectivity index (χ4v) is 4.57. The summed E-state index contributed by atoms with van der Waals surface area (Å²) in [5, 5.41) is 1.18. The predicted octanol–water partition coefficient (Wildman–Crippen LogP) is 2.44. The fraction of sp³-hybridized carbons (Fsp3) is 0.308. The molecule has 1 fully saturated rings. The summed E-state index contributed by atoms with van der Waals surface area (Å²) in [6.45, 7) is 0. The van der Waals surface area contributed by atoms with Gasteiger partial charge in [0, 0.05) is 28.6 Å². The standard InChI is InChI=1S/C13H12ClNO3S/c14-10-2-1-3-11-12(10)9(6-15-11)13(16)8-4-5-19(17,18)7-8/h1-3,6,8,15H,4-5,7H2. The topological polar surface area (TPSA) is 67.0 Å². The maximum atomic E-state index is 12.4. The molecule has 0 radical (unpaired) electrons. The molecule has 3 rings (SSSR count). The Kier molecular flexibility index (Phi) is 2.91. The van der Waals surface area contributed by atoms with Crippen molar-refractivity contribution in [2.24, 2.45) is 5.92 Å². The summed E-state index contributed by atoms with van der Waals surface area (Å²) in [5.41, 5.74) is 1.28. The van der Waals surface area contributed by atoms with Gasteiger partial charge in [0.05, 0.1) is 16.5 Å². The van der Waals surface area contributed by atoms with E-state index in [1.807, 2.05) is 6.07 Å². The molecular weight excluding hydrogens is 286 g/mol. The predicted molar refractivity (Wildman–Crippen MR) is 74.4 cm³/mol. The van der Waals surface area contributed by atoms with Crippen molar-refractivity contribution in [3.8, 4) is 0 Å². The van der Waals surface area contributed by atoms with Crippen LogP contribution in [0.25, 0.3) is 10.9 Å². The second-order valence-corrected chi connectivity index (χ2v) is 7.46. The second-order valence-electron chi connectivity index (χ2n) is 4.83. The molecule has 1 saturated heterocycles. The maximum Gasteiger partial charge on any atom is 0.169 e. The van der Waals surface area contributed by atoms with Crippen molar-refractivity contribution >= 4 is 38.1 Å². The van der Waals surface area contributed by atoms with E-state index in [1.54, 1.807) is 18.3 Å². The number of nitrogens with one attached hydrogen (secondary N) is 1. The molecular formula is C13H12ClNO3S. The number of rotatable bonds is 2. The molecule has 2 aromatic rings. The van der Waals surface area contributed by atoms with E-state index in [4.69, 9.17) is 11.6 Å². The number of aromatic amines is 1. The molecule has 0 saturated carbocycles. The molecule has 1 atom stereocenters. The molecule has 0 aliphatic carbocycles. The number of halogens is 1. The van der Waals surface area contributed by atoms with E-state index in [9.17, 15) is 13.2 Å². The Balaban J connectivity index is 2.04. The molecule has 0 amide bonds. The summed E-state index contributed by atoms with van der Waals surface area (Å²) in [6.07, 6.45) is 2.02. The van der Waals surface area contributed by atoms with Gasteiger partial charge in [0.25, 0.3) is 0 Å². The van der Waals surface area contributed by atoms with E-state index in [0.29, 0.717) is 22.4 Å². The maximum absolute atomic E-state index is 12.4. The number of carbonyl (C=O) groups is 1. The molecule has 1 aromatic heterocycles. The van der Waals surface area contributed by atoms with Crippen LogP contribution in [0, 0.1) is 5.92 Å². The first-order valence-electron chi connectivity index (χ1n) is 5.98. The van der Waals surface area contributed by atoms with Gasteiger partial charge in [-0.1, -0.05) is 17.7 Å². The number of ketones is 1. The molecule has 1 unspecified atom stereocenters. The van der Waals surface area contributed by atoms with Gasteiger partial charge in [-0.05, 0) is 18.6 Å². The van der Waals surface area contributed by atoms with Crippen molar-refractivity contribution in [1.29, 1.82) is 0 Å². The van der Waals surface area contributed by atoms with E-state index in [1.165, 1.54) is 0 Å². The summed E-state index contributed by atoms with van der Waals surface area (Å²) >= 11 is 6.12. The van der Waals surface area contributed by atoms with E-state index in [2.05, 4.69) is 4.98 Å². The third-order valence-electron chi connectivity index (χ3n) is 3.52. The van der Waals surface area contributed by atoms with Crippen LogP contribution in [0.2, 0.25) is 5.02 Å². The fourth-order valence-electron chi connectivity index (χ4n) is 2.56. The summed E-state index contributed by atoms with van der Waals surface area (Å²) in [7, 11) is -3.06. The van der Waals surface area contributed by atoms with E-state index in [0.717, 1.165) is 5.52 Å². The van der Waals surface area contributed by atoms with Gasteiger partial charge in [0.1, 0.15) is 0 Å². The highest BCUT2D eigenvalue weighted by atomic mass is 35.5. The second kappa shape index (κ2) is 4.35. The molecule has 2 heterocycles. The van der Waals surface area contributed by atoms with Gasteiger partial charge in [-0.25, -0.2) is 8.42 Å². The molecule has 1 aromatic carbocycles. The summed E-state index contributed by atoms with van der Waals surface area (Å²) in [5.74, 6) is -0.539. The van der Waals surface area contributed by atoms with Crippen LogP contribution in [-0.4, -0.2) is 30.7 Å². The van der Waals surface area contributed by atoms with Gasteiger partial charge in [0.15, 0.2) is 15.6 Å². The van der Waals surface area contributed by atoms with Gasteiger partial charge in [-0.15, -0.1) is 0 Å². The number of Topliss-reactive ketones (excluding diaryl/α,β-unsaturated/α-hetero) is 1. The quantitative estimate of drug-likeness (QED) is 0.866. The van der Waals surface area contributed by atoms with Crippen LogP contribution in [0.3, 0.4) is 0 Å². The highest BCUT2D eigenvalue weighted by Gasteiger charge is 2.34. The highest BCUT2D eigenvalue weighted by molar-refractivity contribution is 7.91. The zero-order valence-corrected chi connectivity index (χ0v) is 11.6. The number of hydrogen-bond donors (Lipinski definition) is 1. The molecule has 1 aliphatic heterocycles. The lowest BCUT2D eigenvalue weighted by Crippen LogP contribution is -2.15. The number of fused-ring (bicyclic) bond motifs is 1. The van der Waals surface area contributed by atoms with Crippen LogP contribution < -0.4 is 0 Å². The molecule has 0 bridgehead atoms. The van der Waals surface area contributed by atoms with Crippen molar-refractivity contribution in [3.63, 3.8) is 0 Å². The average molecular weight is 298 g/mol. The minimum absolute atomic E-state index is 0.0526. The average Bonchev–Trinajstić information content (AvgIpc) is 2.92. The van der Waals surface area contributed by atoms with Gasteiger partial charge < -0.3 is 4.98 Å². The number of aromatic nitrogens is 1. The monoisotopic (exact) mass is 297 g/mol.